The Bertz CT molecular complexity index is 426. The minimum Gasteiger partial charge on any atom is -0.493 e. The van der Waals surface area contributed by atoms with Gasteiger partial charge in [0.1, 0.15) is 5.75 Å². The zero-order chi connectivity index (χ0) is 14.7. The molecule has 0 saturated heterocycles. The Kier molecular flexibility index (Phi) is 8.89. The van der Waals surface area contributed by atoms with E-state index in [2.05, 4.69) is 0 Å². The second-order valence-corrected chi connectivity index (χ2v) is 7.27. The van der Waals surface area contributed by atoms with Crippen LogP contribution >= 0.6 is 11.3 Å². The van der Waals surface area contributed by atoms with Crippen molar-refractivity contribution >= 4 is 21.5 Å². The van der Waals surface area contributed by atoms with E-state index in [-0.39, 0.29) is 5.75 Å². The maximum absolute atomic E-state index is 10.5. The zero-order valence-corrected chi connectivity index (χ0v) is 13.4. The Morgan fingerprint density at radius 3 is 2.15 bits per heavy atom. The van der Waals surface area contributed by atoms with E-state index in [9.17, 15) is 8.42 Å². The molecular weight excluding hydrogens is 296 g/mol. The van der Waals surface area contributed by atoms with E-state index in [1.807, 2.05) is 16.8 Å². The Balaban J connectivity index is 1.79. The summed E-state index contributed by atoms with van der Waals surface area (Å²) < 4.78 is 35.1. The van der Waals surface area contributed by atoms with Crippen molar-refractivity contribution in [3.05, 3.63) is 16.8 Å². The molecule has 0 bridgehead atoms. The molecule has 4 nitrogen and oxygen atoms in total. The lowest BCUT2D eigenvalue weighted by Crippen LogP contribution is -2.03. The average molecular weight is 320 g/mol. The van der Waals surface area contributed by atoms with Gasteiger partial charge in [-0.2, -0.15) is 8.42 Å². The third kappa shape index (κ3) is 10.2. The molecule has 0 saturated carbocycles. The van der Waals surface area contributed by atoms with Gasteiger partial charge in [0, 0.05) is 5.38 Å². The molecule has 6 heteroatoms. The summed E-state index contributed by atoms with van der Waals surface area (Å²) in [6, 6.07) is 1.98. The molecule has 1 heterocycles. The van der Waals surface area contributed by atoms with Crippen LogP contribution in [0.5, 0.6) is 5.75 Å². The van der Waals surface area contributed by atoms with Crippen molar-refractivity contribution in [1.29, 1.82) is 0 Å². The molecule has 0 amide bonds. The lowest BCUT2D eigenvalue weighted by molar-refractivity contribution is 0.305. The van der Waals surface area contributed by atoms with Crippen LogP contribution in [0.3, 0.4) is 0 Å². The van der Waals surface area contributed by atoms with Gasteiger partial charge in [-0.15, -0.1) is 11.3 Å². The van der Waals surface area contributed by atoms with E-state index in [4.69, 9.17) is 9.29 Å². The number of thiophene rings is 1. The summed E-state index contributed by atoms with van der Waals surface area (Å²) in [5.41, 5.74) is 0. The molecule has 0 aliphatic rings. The molecule has 0 fully saturated rings. The van der Waals surface area contributed by atoms with E-state index >= 15 is 0 Å². The highest BCUT2D eigenvalue weighted by Crippen LogP contribution is 2.15. The third-order valence-electron chi connectivity index (χ3n) is 3.06. The normalized spacial score (nSPS) is 11.7. The number of ether oxygens (including phenoxy) is 1. The fourth-order valence-corrected chi connectivity index (χ4v) is 3.11. The Labute approximate surface area is 125 Å². The van der Waals surface area contributed by atoms with Gasteiger partial charge in [0.15, 0.2) is 0 Å². The lowest BCUT2D eigenvalue weighted by Gasteiger charge is -2.04. The summed E-state index contributed by atoms with van der Waals surface area (Å²) in [4.78, 5) is 0. The van der Waals surface area contributed by atoms with Crippen LogP contribution in [-0.4, -0.2) is 25.3 Å². The molecule has 116 valence electrons. The summed E-state index contributed by atoms with van der Waals surface area (Å²) in [5, 5.41) is 4.02. The summed E-state index contributed by atoms with van der Waals surface area (Å²) in [6.07, 6.45) is 8.26. The second-order valence-electron chi connectivity index (χ2n) is 4.92. The summed E-state index contributed by atoms with van der Waals surface area (Å²) >= 11 is 1.64. The van der Waals surface area contributed by atoms with Crippen molar-refractivity contribution in [2.75, 3.05) is 12.4 Å². The van der Waals surface area contributed by atoms with Crippen LogP contribution in [0.25, 0.3) is 0 Å². The van der Waals surface area contributed by atoms with Crippen LogP contribution < -0.4 is 4.74 Å². The highest BCUT2D eigenvalue weighted by atomic mass is 32.2. The number of hydrogen-bond donors (Lipinski definition) is 1. The maximum atomic E-state index is 10.5. The Hall–Kier alpha value is -0.590. The SMILES string of the molecule is O=S(=O)(O)CCCCCCCCCCOc1ccsc1. The summed E-state index contributed by atoms with van der Waals surface area (Å²) in [6.45, 7) is 0.783. The van der Waals surface area contributed by atoms with Crippen LogP contribution in [0.15, 0.2) is 16.8 Å². The molecule has 1 aromatic heterocycles. The predicted octanol–water partition coefficient (Wildman–Crippen LogP) is 4.14. The molecule has 1 aromatic rings. The monoisotopic (exact) mass is 320 g/mol. The quantitative estimate of drug-likeness (QED) is 0.464. The Morgan fingerprint density at radius 2 is 1.60 bits per heavy atom. The van der Waals surface area contributed by atoms with Gasteiger partial charge in [0.05, 0.1) is 12.4 Å². The molecular formula is C14H24O4S2. The molecule has 0 unspecified atom stereocenters. The topological polar surface area (TPSA) is 63.6 Å². The highest BCUT2D eigenvalue weighted by Gasteiger charge is 2.02. The predicted molar refractivity (Wildman–Crippen MR) is 83.2 cm³/mol. The van der Waals surface area contributed by atoms with E-state index < -0.39 is 10.1 Å². The van der Waals surface area contributed by atoms with Gasteiger partial charge in [-0.05, 0) is 24.3 Å². The molecule has 0 aliphatic heterocycles. The molecule has 0 spiro atoms. The molecule has 0 radical (unpaired) electrons. The van der Waals surface area contributed by atoms with Crippen molar-refractivity contribution < 1.29 is 17.7 Å². The van der Waals surface area contributed by atoms with Crippen LogP contribution in [0.1, 0.15) is 51.4 Å². The molecule has 1 rings (SSSR count). The van der Waals surface area contributed by atoms with E-state index in [1.165, 1.54) is 19.3 Å². The first-order valence-electron chi connectivity index (χ1n) is 7.18. The Morgan fingerprint density at radius 1 is 1.00 bits per heavy atom. The largest absolute Gasteiger partial charge is 0.493 e. The van der Waals surface area contributed by atoms with E-state index in [1.54, 1.807) is 11.3 Å². The number of hydrogen-bond acceptors (Lipinski definition) is 4. The van der Waals surface area contributed by atoms with Crippen LogP contribution in [0.4, 0.5) is 0 Å². The van der Waals surface area contributed by atoms with Gasteiger partial charge < -0.3 is 4.74 Å². The minimum absolute atomic E-state index is 0.104. The van der Waals surface area contributed by atoms with E-state index in [0.717, 1.165) is 38.0 Å². The molecule has 1 N–H and O–H groups in total. The molecule has 0 atom stereocenters. The smallest absolute Gasteiger partial charge is 0.264 e. The third-order valence-corrected chi connectivity index (χ3v) is 4.53. The van der Waals surface area contributed by atoms with Crippen LogP contribution in [-0.2, 0) is 10.1 Å². The van der Waals surface area contributed by atoms with Gasteiger partial charge in [-0.3, -0.25) is 4.55 Å². The minimum atomic E-state index is -3.76. The standard InChI is InChI=1S/C14H24O4S2/c15-20(16,17)12-8-6-4-2-1-3-5-7-10-18-14-9-11-19-13-14/h9,11,13H,1-8,10,12H2,(H,15,16,17). The van der Waals surface area contributed by atoms with Crippen LogP contribution in [0.2, 0.25) is 0 Å². The van der Waals surface area contributed by atoms with Gasteiger partial charge in [0.25, 0.3) is 10.1 Å². The highest BCUT2D eigenvalue weighted by molar-refractivity contribution is 7.85. The van der Waals surface area contributed by atoms with E-state index in [0.29, 0.717) is 6.42 Å². The summed E-state index contributed by atoms with van der Waals surface area (Å²) in [7, 11) is -3.76. The first-order chi connectivity index (χ1) is 9.58. The van der Waals surface area contributed by atoms with Gasteiger partial charge in [0.2, 0.25) is 0 Å². The van der Waals surface area contributed by atoms with Gasteiger partial charge >= 0.3 is 0 Å². The van der Waals surface area contributed by atoms with Crippen LogP contribution in [0, 0.1) is 0 Å². The van der Waals surface area contributed by atoms with Gasteiger partial charge in [-0.25, -0.2) is 0 Å². The molecule has 20 heavy (non-hydrogen) atoms. The van der Waals surface area contributed by atoms with Crippen molar-refractivity contribution in [3.63, 3.8) is 0 Å². The lowest BCUT2D eigenvalue weighted by atomic mass is 10.1. The fourth-order valence-electron chi connectivity index (χ4n) is 1.97. The average Bonchev–Trinajstić information content (AvgIpc) is 2.87. The zero-order valence-electron chi connectivity index (χ0n) is 11.8. The van der Waals surface area contributed by atoms with Crippen molar-refractivity contribution in [3.8, 4) is 5.75 Å². The van der Waals surface area contributed by atoms with Crippen molar-refractivity contribution in [1.82, 2.24) is 0 Å². The van der Waals surface area contributed by atoms with Crippen molar-refractivity contribution in [2.45, 2.75) is 51.4 Å². The fraction of sp³-hybridized carbons (Fsp3) is 0.714. The number of rotatable bonds is 12. The first kappa shape index (κ1) is 17.5. The molecule has 0 aliphatic carbocycles. The number of unbranched alkanes of at least 4 members (excludes halogenated alkanes) is 7. The first-order valence-corrected chi connectivity index (χ1v) is 9.73. The van der Waals surface area contributed by atoms with Gasteiger partial charge in [-0.1, -0.05) is 38.5 Å². The molecule has 0 aromatic carbocycles. The maximum Gasteiger partial charge on any atom is 0.264 e. The summed E-state index contributed by atoms with van der Waals surface area (Å²) in [5.74, 6) is 0.862. The van der Waals surface area contributed by atoms with Crippen molar-refractivity contribution in [2.24, 2.45) is 0 Å². The second kappa shape index (κ2) is 10.2.